The Hall–Kier alpha value is -1.85. The molecule has 104 valence electrons. The van der Waals surface area contributed by atoms with E-state index < -0.39 is 16.0 Å². The van der Waals surface area contributed by atoms with Gasteiger partial charge in [0.15, 0.2) is 0 Å². The molecule has 0 bridgehead atoms. The van der Waals surface area contributed by atoms with Crippen molar-refractivity contribution in [1.29, 1.82) is 5.26 Å². The van der Waals surface area contributed by atoms with E-state index in [-0.39, 0.29) is 29.6 Å². The quantitative estimate of drug-likeness (QED) is 0.756. The van der Waals surface area contributed by atoms with Crippen LogP contribution in [0.3, 0.4) is 0 Å². The fourth-order valence-corrected chi connectivity index (χ4v) is 2.58. The Morgan fingerprint density at radius 3 is 2.63 bits per heavy atom. The van der Waals surface area contributed by atoms with Crippen LogP contribution in [0.25, 0.3) is 0 Å². The first-order valence-corrected chi connectivity index (χ1v) is 7.09. The van der Waals surface area contributed by atoms with Crippen molar-refractivity contribution in [1.82, 2.24) is 9.29 Å². The highest BCUT2D eigenvalue weighted by molar-refractivity contribution is 7.89. The molecule has 0 fully saturated rings. The van der Waals surface area contributed by atoms with Gasteiger partial charge in [-0.25, -0.2) is 17.9 Å². The van der Waals surface area contributed by atoms with Gasteiger partial charge in [0.2, 0.25) is 10.0 Å². The zero-order valence-corrected chi connectivity index (χ0v) is 11.4. The average Bonchev–Trinajstić information content (AvgIpc) is 2.74. The zero-order valence-electron chi connectivity index (χ0n) is 10.6. The lowest BCUT2D eigenvalue weighted by atomic mass is 10.3. The molecule has 0 radical (unpaired) electrons. The molecule has 1 aromatic heterocycles. The minimum atomic E-state index is -3.79. The van der Waals surface area contributed by atoms with Crippen molar-refractivity contribution in [2.75, 3.05) is 6.54 Å². The lowest BCUT2D eigenvalue weighted by Crippen LogP contribution is -2.24. The number of nitrogens with one attached hydrogen (secondary N) is 1. The van der Waals surface area contributed by atoms with Crippen LogP contribution < -0.4 is 4.72 Å². The molecule has 0 saturated heterocycles. The van der Waals surface area contributed by atoms with Crippen LogP contribution in [-0.4, -0.2) is 30.6 Å². The summed E-state index contributed by atoms with van der Waals surface area (Å²) in [7, 11) is -3.79. The first kappa shape index (κ1) is 15.2. The summed E-state index contributed by atoms with van der Waals surface area (Å²) < 4.78 is 27.4. The Labute approximate surface area is 111 Å². The maximum Gasteiger partial charge on any atom is 0.352 e. The van der Waals surface area contributed by atoms with Gasteiger partial charge in [-0.15, -0.1) is 0 Å². The van der Waals surface area contributed by atoms with E-state index in [1.54, 1.807) is 13.8 Å². The van der Waals surface area contributed by atoms with Gasteiger partial charge in [-0.1, -0.05) is 0 Å². The van der Waals surface area contributed by atoms with Crippen LogP contribution >= 0.6 is 0 Å². The number of nitriles is 1. The Kier molecular flexibility index (Phi) is 4.69. The van der Waals surface area contributed by atoms with Crippen LogP contribution in [-0.2, 0) is 10.0 Å². The Morgan fingerprint density at radius 2 is 2.21 bits per heavy atom. The highest BCUT2D eigenvalue weighted by Crippen LogP contribution is 2.18. The van der Waals surface area contributed by atoms with Crippen molar-refractivity contribution in [3.63, 3.8) is 0 Å². The van der Waals surface area contributed by atoms with E-state index in [0.717, 1.165) is 6.07 Å². The predicted molar refractivity (Wildman–Crippen MR) is 67.2 cm³/mol. The minimum absolute atomic E-state index is 0.00586. The van der Waals surface area contributed by atoms with Crippen LogP contribution in [0.15, 0.2) is 17.2 Å². The summed E-state index contributed by atoms with van der Waals surface area (Å²) in [5, 5.41) is 17.4. The smallest absolute Gasteiger partial charge is 0.352 e. The molecule has 0 spiro atoms. The van der Waals surface area contributed by atoms with E-state index in [1.807, 2.05) is 6.07 Å². The zero-order chi connectivity index (χ0) is 14.6. The number of hydrogen-bond acceptors (Lipinski definition) is 4. The molecule has 1 aromatic rings. The van der Waals surface area contributed by atoms with Crippen molar-refractivity contribution in [3.05, 3.63) is 18.0 Å². The van der Waals surface area contributed by atoms with Gasteiger partial charge in [-0.05, 0) is 19.9 Å². The number of sulfonamides is 1. The number of carbonyl (C=O) groups is 1. The number of nitrogens with zero attached hydrogens (tertiary/aromatic N) is 2. The largest absolute Gasteiger partial charge is 0.477 e. The standard InChI is InChI=1S/C11H15N3O4S/c1-8(2)14-7-9(6-10(14)11(15)16)19(17,18)13-5-3-4-12/h6-8,13H,3,5H2,1-2H3,(H,15,16). The molecule has 0 saturated carbocycles. The lowest BCUT2D eigenvalue weighted by molar-refractivity contribution is 0.0683. The summed E-state index contributed by atoms with van der Waals surface area (Å²) in [4.78, 5) is 10.9. The molecule has 0 aliphatic rings. The molecule has 0 aromatic carbocycles. The maximum atomic E-state index is 11.9. The second-order valence-electron chi connectivity index (χ2n) is 4.17. The number of hydrogen-bond donors (Lipinski definition) is 2. The summed E-state index contributed by atoms with van der Waals surface area (Å²) in [5.41, 5.74) is -0.0874. The van der Waals surface area contributed by atoms with Crippen LogP contribution in [0.1, 0.15) is 36.8 Å². The molecule has 19 heavy (non-hydrogen) atoms. The van der Waals surface area contributed by atoms with Gasteiger partial charge in [-0.2, -0.15) is 5.26 Å². The van der Waals surface area contributed by atoms with Crippen LogP contribution in [0.2, 0.25) is 0 Å². The van der Waals surface area contributed by atoms with Crippen molar-refractivity contribution in [2.24, 2.45) is 0 Å². The van der Waals surface area contributed by atoms with Crippen LogP contribution in [0, 0.1) is 11.3 Å². The Balaban J connectivity index is 3.12. The fourth-order valence-electron chi connectivity index (χ4n) is 1.52. The van der Waals surface area contributed by atoms with Gasteiger partial charge in [-0.3, -0.25) is 0 Å². The van der Waals surface area contributed by atoms with Crippen molar-refractivity contribution < 1.29 is 18.3 Å². The van der Waals surface area contributed by atoms with Crippen molar-refractivity contribution in [3.8, 4) is 6.07 Å². The molecule has 8 heteroatoms. The third-order valence-electron chi connectivity index (χ3n) is 2.44. The Morgan fingerprint density at radius 1 is 1.58 bits per heavy atom. The molecule has 7 nitrogen and oxygen atoms in total. The summed E-state index contributed by atoms with van der Waals surface area (Å²) in [6.07, 6.45) is 1.33. The van der Waals surface area contributed by atoms with Gasteiger partial charge in [0, 0.05) is 25.2 Å². The molecule has 0 amide bonds. The highest BCUT2D eigenvalue weighted by atomic mass is 32.2. The van der Waals surface area contributed by atoms with E-state index in [9.17, 15) is 13.2 Å². The molecular weight excluding hydrogens is 270 g/mol. The topological polar surface area (TPSA) is 112 Å². The van der Waals surface area contributed by atoms with E-state index in [0.29, 0.717) is 0 Å². The minimum Gasteiger partial charge on any atom is -0.477 e. The van der Waals surface area contributed by atoms with Crippen molar-refractivity contribution >= 4 is 16.0 Å². The summed E-state index contributed by atoms with van der Waals surface area (Å²) in [6, 6.07) is 2.75. The normalized spacial score (nSPS) is 11.5. The second kappa shape index (κ2) is 5.86. The van der Waals surface area contributed by atoms with Gasteiger partial charge in [0.05, 0.1) is 6.07 Å². The SMILES string of the molecule is CC(C)n1cc(S(=O)(=O)NCCC#N)cc1C(=O)O. The van der Waals surface area contributed by atoms with E-state index in [2.05, 4.69) is 4.72 Å². The monoisotopic (exact) mass is 285 g/mol. The lowest BCUT2D eigenvalue weighted by Gasteiger charge is -2.09. The van der Waals surface area contributed by atoms with Gasteiger partial charge in [0.1, 0.15) is 10.6 Å². The van der Waals surface area contributed by atoms with Gasteiger partial charge in [0.25, 0.3) is 0 Å². The Bertz CT molecular complexity index is 610. The molecule has 0 aliphatic carbocycles. The van der Waals surface area contributed by atoms with Gasteiger partial charge < -0.3 is 9.67 Å². The summed E-state index contributed by atoms with van der Waals surface area (Å²) in [5.74, 6) is -1.19. The number of aromatic nitrogens is 1. The van der Waals surface area contributed by atoms with E-state index in [4.69, 9.17) is 10.4 Å². The van der Waals surface area contributed by atoms with E-state index in [1.165, 1.54) is 10.8 Å². The first-order valence-electron chi connectivity index (χ1n) is 5.61. The molecule has 0 aliphatic heterocycles. The number of rotatable bonds is 6. The number of carboxylic acids is 1. The highest BCUT2D eigenvalue weighted by Gasteiger charge is 2.21. The van der Waals surface area contributed by atoms with Crippen LogP contribution in [0.5, 0.6) is 0 Å². The maximum absolute atomic E-state index is 11.9. The summed E-state index contributed by atoms with van der Waals surface area (Å²) in [6.45, 7) is 3.51. The predicted octanol–water partition coefficient (Wildman–Crippen LogP) is 0.959. The third-order valence-corrected chi connectivity index (χ3v) is 3.87. The molecule has 2 N–H and O–H groups in total. The van der Waals surface area contributed by atoms with Crippen LogP contribution in [0.4, 0.5) is 0 Å². The fraction of sp³-hybridized carbons (Fsp3) is 0.455. The second-order valence-corrected chi connectivity index (χ2v) is 5.94. The first-order chi connectivity index (χ1) is 8.79. The molecular formula is C11H15N3O4S. The van der Waals surface area contributed by atoms with Gasteiger partial charge >= 0.3 is 5.97 Å². The number of carboxylic acid groups (broad SMARTS) is 1. The molecule has 0 atom stereocenters. The average molecular weight is 285 g/mol. The third kappa shape index (κ3) is 3.56. The van der Waals surface area contributed by atoms with E-state index >= 15 is 0 Å². The molecule has 1 heterocycles. The molecule has 1 rings (SSSR count). The van der Waals surface area contributed by atoms with Crippen molar-refractivity contribution in [2.45, 2.75) is 31.2 Å². The number of aromatic carboxylic acids is 1. The molecule has 0 unspecified atom stereocenters. The summed E-state index contributed by atoms with van der Waals surface area (Å²) >= 11 is 0.